The Kier molecular flexibility index (Phi) is 2.22. The summed E-state index contributed by atoms with van der Waals surface area (Å²) in [6, 6.07) is 0. The lowest BCUT2D eigenvalue weighted by atomic mass is 10.2. The van der Waals surface area contributed by atoms with Crippen LogP contribution in [0.2, 0.25) is 0 Å². The quantitative estimate of drug-likeness (QED) is 0.499. The van der Waals surface area contributed by atoms with Gasteiger partial charge in [-0.2, -0.15) is 0 Å². The molecule has 0 radical (unpaired) electrons. The minimum atomic E-state index is -0.528. The first-order valence-electron chi connectivity index (χ1n) is 3.02. The van der Waals surface area contributed by atoms with E-state index in [4.69, 9.17) is 4.21 Å². The van der Waals surface area contributed by atoms with Crippen molar-refractivity contribution in [3.8, 4) is 0 Å². The van der Waals surface area contributed by atoms with Gasteiger partial charge in [0.2, 0.25) is 10.8 Å². The Labute approximate surface area is 57.9 Å². The smallest absolute Gasteiger partial charge is 0.215 e. The lowest BCUT2D eigenvalue weighted by Gasteiger charge is -1.97. The van der Waals surface area contributed by atoms with Crippen LogP contribution in [0.25, 0.3) is 0 Å². The van der Waals surface area contributed by atoms with Crippen LogP contribution in [0.1, 0.15) is 12.8 Å². The van der Waals surface area contributed by atoms with E-state index in [9.17, 15) is 0 Å². The summed E-state index contributed by atoms with van der Waals surface area (Å²) >= 11 is 0. The fraction of sp³-hybridized carbons (Fsp3) is 0.429. The first kappa shape index (κ1) is 6.75. The molecule has 1 unspecified atom stereocenters. The number of rotatable bonds is 1. The van der Waals surface area contributed by atoms with Gasteiger partial charge >= 0.3 is 0 Å². The molecule has 0 bridgehead atoms. The molecule has 0 saturated heterocycles. The van der Waals surface area contributed by atoms with Crippen molar-refractivity contribution in [2.45, 2.75) is 12.8 Å². The molecule has 0 aromatic heterocycles. The van der Waals surface area contributed by atoms with Crippen LogP contribution in [0.15, 0.2) is 23.1 Å². The van der Waals surface area contributed by atoms with Gasteiger partial charge in [0, 0.05) is 0 Å². The summed E-state index contributed by atoms with van der Waals surface area (Å²) in [5.41, 5.74) is 0. The van der Waals surface area contributed by atoms with Crippen molar-refractivity contribution in [2.24, 2.45) is 0 Å². The summed E-state index contributed by atoms with van der Waals surface area (Å²) in [6.07, 6.45) is 10.2. The molecule has 1 atom stereocenters. The molecule has 1 nitrogen and oxygen atoms in total. The Bertz CT molecular complexity index is 179. The predicted molar refractivity (Wildman–Crippen MR) is 41.7 cm³/mol. The molecule has 0 amide bonds. The minimum absolute atomic E-state index is 0.528. The van der Waals surface area contributed by atoms with Gasteiger partial charge in [-0.3, -0.25) is 0 Å². The third kappa shape index (κ3) is 1.79. The number of hydrogen-bond acceptors (Lipinski definition) is 0. The van der Waals surface area contributed by atoms with E-state index in [0.29, 0.717) is 0 Å². The SMILES string of the molecule is CS(=[OH+])C1=CCCC=C1. The Balaban J connectivity index is 2.69. The topological polar surface area (TPSA) is 21.4 Å². The largest absolute Gasteiger partial charge is 0.248 e. The minimum Gasteiger partial charge on any atom is -0.248 e. The van der Waals surface area contributed by atoms with Gasteiger partial charge in [-0.15, -0.1) is 0 Å². The van der Waals surface area contributed by atoms with E-state index in [1.165, 1.54) is 0 Å². The third-order valence-electron chi connectivity index (χ3n) is 1.30. The molecule has 0 heterocycles. The molecule has 0 saturated carbocycles. The lowest BCUT2D eigenvalue weighted by Crippen LogP contribution is -1.90. The predicted octanol–water partition coefficient (Wildman–Crippen LogP) is 1.76. The fourth-order valence-electron chi connectivity index (χ4n) is 0.808. The van der Waals surface area contributed by atoms with Crippen LogP contribution in [-0.2, 0) is 10.8 Å². The lowest BCUT2D eigenvalue weighted by molar-refractivity contribution is 0.735. The second kappa shape index (κ2) is 2.97. The van der Waals surface area contributed by atoms with Crippen molar-refractivity contribution >= 4 is 10.8 Å². The second-order valence-electron chi connectivity index (χ2n) is 2.06. The maximum atomic E-state index is 9.09. The Morgan fingerprint density at radius 1 is 1.56 bits per heavy atom. The summed E-state index contributed by atoms with van der Waals surface area (Å²) in [6.45, 7) is 0. The second-order valence-corrected chi connectivity index (χ2v) is 3.49. The summed E-state index contributed by atoms with van der Waals surface area (Å²) < 4.78 is 9.09. The zero-order valence-corrected chi connectivity index (χ0v) is 6.32. The van der Waals surface area contributed by atoms with Crippen molar-refractivity contribution in [1.29, 1.82) is 0 Å². The highest BCUT2D eigenvalue weighted by molar-refractivity contribution is 7.88. The molecule has 0 aromatic rings. The molecule has 0 aromatic carbocycles. The molecule has 1 aliphatic carbocycles. The number of allylic oxidation sites excluding steroid dienone is 3. The van der Waals surface area contributed by atoms with E-state index < -0.39 is 10.8 Å². The first-order valence-corrected chi connectivity index (χ1v) is 4.61. The molecule has 50 valence electrons. The maximum Gasteiger partial charge on any atom is 0.215 e. The molecular weight excluding hydrogens is 132 g/mol. The molecule has 0 spiro atoms. The molecule has 9 heavy (non-hydrogen) atoms. The van der Waals surface area contributed by atoms with E-state index in [2.05, 4.69) is 12.2 Å². The molecule has 1 rings (SSSR count). The summed E-state index contributed by atoms with van der Waals surface area (Å²) in [4.78, 5) is 1.08. The van der Waals surface area contributed by atoms with Crippen LogP contribution in [-0.4, -0.2) is 10.5 Å². The van der Waals surface area contributed by atoms with Crippen LogP contribution in [0.3, 0.4) is 0 Å². The van der Waals surface area contributed by atoms with Gasteiger partial charge in [-0.25, -0.2) is 4.21 Å². The van der Waals surface area contributed by atoms with Gasteiger partial charge in [0.1, 0.15) is 0 Å². The van der Waals surface area contributed by atoms with Crippen LogP contribution in [0, 0.1) is 0 Å². The van der Waals surface area contributed by atoms with Gasteiger partial charge in [0.15, 0.2) is 0 Å². The van der Waals surface area contributed by atoms with Crippen LogP contribution < -0.4 is 0 Å². The maximum absolute atomic E-state index is 9.09. The summed E-state index contributed by atoms with van der Waals surface area (Å²) in [5, 5.41) is 0. The monoisotopic (exact) mass is 143 g/mol. The Morgan fingerprint density at radius 2 is 2.33 bits per heavy atom. The van der Waals surface area contributed by atoms with Crippen molar-refractivity contribution in [3.63, 3.8) is 0 Å². The van der Waals surface area contributed by atoms with Crippen molar-refractivity contribution in [2.75, 3.05) is 6.26 Å². The molecule has 2 heteroatoms. The number of hydrogen-bond donors (Lipinski definition) is 0. The van der Waals surface area contributed by atoms with Gasteiger partial charge < -0.3 is 0 Å². The van der Waals surface area contributed by atoms with Gasteiger partial charge in [-0.1, -0.05) is 12.2 Å². The zero-order chi connectivity index (χ0) is 6.69. The summed E-state index contributed by atoms with van der Waals surface area (Å²) in [5.74, 6) is 0. The Hall–Kier alpha value is -0.370. The molecule has 1 N–H and O–H groups in total. The highest BCUT2D eigenvalue weighted by atomic mass is 32.2. The fourth-order valence-corrected chi connectivity index (χ4v) is 1.46. The van der Waals surface area contributed by atoms with E-state index in [-0.39, 0.29) is 0 Å². The van der Waals surface area contributed by atoms with Crippen LogP contribution in [0.4, 0.5) is 0 Å². The molecule has 1 aliphatic rings. The van der Waals surface area contributed by atoms with Crippen molar-refractivity contribution in [1.82, 2.24) is 0 Å². The van der Waals surface area contributed by atoms with Gasteiger partial charge in [0.05, 0.1) is 11.2 Å². The first-order chi connectivity index (χ1) is 4.30. The van der Waals surface area contributed by atoms with Crippen molar-refractivity contribution in [3.05, 3.63) is 23.1 Å². The average Bonchev–Trinajstić information content (AvgIpc) is 1.90. The van der Waals surface area contributed by atoms with Crippen molar-refractivity contribution < 1.29 is 4.21 Å². The molecular formula is C7H11OS+. The van der Waals surface area contributed by atoms with E-state index >= 15 is 0 Å². The van der Waals surface area contributed by atoms with Gasteiger partial charge in [-0.05, 0) is 18.9 Å². The summed E-state index contributed by atoms with van der Waals surface area (Å²) in [7, 11) is -0.528. The molecule has 0 fully saturated rings. The average molecular weight is 143 g/mol. The van der Waals surface area contributed by atoms with E-state index in [1.54, 1.807) is 0 Å². The normalized spacial score (nSPS) is 21.2. The van der Waals surface area contributed by atoms with Crippen LogP contribution in [0.5, 0.6) is 0 Å². The van der Waals surface area contributed by atoms with Gasteiger partial charge in [0.25, 0.3) is 0 Å². The van der Waals surface area contributed by atoms with Crippen LogP contribution >= 0.6 is 0 Å². The van der Waals surface area contributed by atoms with E-state index in [1.807, 2.05) is 12.3 Å². The third-order valence-corrected chi connectivity index (χ3v) is 2.29. The van der Waals surface area contributed by atoms with E-state index in [0.717, 1.165) is 17.7 Å². The zero-order valence-electron chi connectivity index (χ0n) is 5.50. The molecule has 0 aliphatic heterocycles. The standard InChI is InChI=1S/C7H10OS/c1-9(8)7-5-3-2-4-6-7/h3,5-6H,2,4H2,1H3/p+1. The highest BCUT2D eigenvalue weighted by Gasteiger charge is 2.04. The highest BCUT2D eigenvalue weighted by Crippen LogP contribution is 2.11. The Morgan fingerprint density at radius 3 is 2.67 bits per heavy atom.